The summed E-state index contributed by atoms with van der Waals surface area (Å²) >= 11 is 1.24. The standard InChI is InChI=1S/C13H15NO3S/c1-9(15)18-7-3-4-10-5-6-11(12(14)8-10)13(16)17-2/h3-6,8H,7,14H2,1-2H3. The van der Waals surface area contributed by atoms with Crippen molar-refractivity contribution in [1.82, 2.24) is 0 Å². The van der Waals surface area contributed by atoms with E-state index in [0.717, 1.165) is 5.56 Å². The molecule has 0 amide bonds. The molecule has 4 nitrogen and oxygen atoms in total. The van der Waals surface area contributed by atoms with E-state index in [-0.39, 0.29) is 5.12 Å². The van der Waals surface area contributed by atoms with Crippen LogP contribution in [0.4, 0.5) is 5.69 Å². The average Bonchev–Trinajstić information content (AvgIpc) is 2.33. The van der Waals surface area contributed by atoms with Crippen LogP contribution >= 0.6 is 11.8 Å². The quantitative estimate of drug-likeness (QED) is 0.668. The minimum absolute atomic E-state index is 0.0835. The van der Waals surface area contributed by atoms with E-state index in [1.807, 2.05) is 12.2 Å². The summed E-state index contributed by atoms with van der Waals surface area (Å²) in [6.45, 7) is 1.53. The van der Waals surface area contributed by atoms with Gasteiger partial charge in [0.05, 0.1) is 12.7 Å². The molecule has 0 unspecified atom stereocenters. The number of thioether (sulfide) groups is 1. The summed E-state index contributed by atoms with van der Waals surface area (Å²) in [6, 6.07) is 5.09. The SMILES string of the molecule is COC(=O)c1ccc(C=CCSC(C)=O)cc1N. The zero-order valence-corrected chi connectivity index (χ0v) is 11.1. The lowest BCUT2D eigenvalue weighted by atomic mass is 10.1. The highest BCUT2D eigenvalue weighted by Gasteiger charge is 2.08. The van der Waals surface area contributed by atoms with Crippen LogP contribution in [-0.2, 0) is 9.53 Å². The molecule has 0 bridgehead atoms. The molecule has 0 saturated carbocycles. The number of hydrogen-bond donors (Lipinski definition) is 1. The van der Waals surface area contributed by atoms with E-state index >= 15 is 0 Å². The third kappa shape index (κ3) is 4.25. The van der Waals surface area contributed by atoms with Gasteiger partial charge in [-0.05, 0) is 17.7 Å². The molecule has 1 aromatic rings. The molecular weight excluding hydrogens is 250 g/mol. The van der Waals surface area contributed by atoms with Crippen molar-refractivity contribution in [2.75, 3.05) is 18.6 Å². The summed E-state index contributed by atoms with van der Waals surface area (Å²) in [7, 11) is 1.31. The number of methoxy groups -OCH3 is 1. The first-order chi connectivity index (χ1) is 8.54. The number of rotatable bonds is 4. The number of carbonyl (C=O) groups excluding carboxylic acids is 2. The first-order valence-corrected chi connectivity index (χ1v) is 6.31. The van der Waals surface area contributed by atoms with Crippen LogP contribution in [0.15, 0.2) is 24.3 Å². The molecule has 0 atom stereocenters. The van der Waals surface area contributed by atoms with E-state index in [0.29, 0.717) is 17.0 Å². The fourth-order valence-corrected chi connectivity index (χ4v) is 1.76. The van der Waals surface area contributed by atoms with Crippen molar-refractivity contribution < 1.29 is 14.3 Å². The maximum atomic E-state index is 11.3. The van der Waals surface area contributed by atoms with Crippen LogP contribution in [0.3, 0.4) is 0 Å². The van der Waals surface area contributed by atoms with Crippen LogP contribution in [0.1, 0.15) is 22.8 Å². The third-order valence-electron chi connectivity index (χ3n) is 2.17. The Bertz CT molecular complexity index is 483. The predicted octanol–water partition coefficient (Wildman–Crippen LogP) is 2.35. The normalized spacial score (nSPS) is 10.6. The van der Waals surface area contributed by atoms with Gasteiger partial charge in [-0.25, -0.2) is 4.79 Å². The summed E-state index contributed by atoms with van der Waals surface area (Å²) in [6.07, 6.45) is 3.73. The van der Waals surface area contributed by atoms with Gasteiger partial charge in [-0.3, -0.25) is 4.79 Å². The van der Waals surface area contributed by atoms with Gasteiger partial charge >= 0.3 is 5.97 Å². The van der Waals surface area contributed by atoms with Gasteiger partial charge in [0.15, 0.2) is 5.12 Å². The van der Waals surface area contributed by atoms with Crippen molar-refractivity contribution in [2.24, 2.45) is 0 Å². The highest BCUT2D eigenvalue weighted by molar-refractivity contribution is 8.13. The molecule has 1 rings (SSSR count). The zero-order valence-electron chi connectivity index (χ0n) is 10.3. The number of hydrogen-bond acceptors (Lipinski definition) is 5. The second-order valence-electron chi connectivity index (χ2n) is 3.54. The first-order valence-electron chi connectivity index (χ1n) is 5.32. The summed E-state index contributed by atoms with van der Waals surface area (Å²) in [5.41, 5.74) is 7.37. The largest absolute Gasteiger partial charge is 0.465 e. The number of carbonyl (C=O) groups is 2. The maximum Gasteiger partial charge on any atom is 0.339 e. The summed E-state index contributed by atoms with van der Waals surface area (Å²) in [5, 5.41) is 0.0835. The fourth-order valence-electron chi connectivity index (χ4n) is 1.33. The minimum atomic E-state index is -0.449. The van der Waals surface area contributed by atoms with E-state index in [2.05, 4.69) is 4.74 Å². The lowest BCUT2D eigenvalue weighted by Crippen LogP contribution is -2.05. The Kier molecular flexibility index (Phi) is 5.45. The predicted molar refractivity (Wildman–Crippen MR) is 74.4 cm³/mol. The summed E-state index contributed by atoms with van der Waals surface area (Å²) < 4.78 is 4.60. The molecule has 0 spiro atoms. The fraction of sp³-hybridized carbons (Fsp3) is 0.231. The Morgan fingerprint density at radius 2 is 2.17 bits per heavy atom. The minimum Gasteiger partial charge on any atom is -0.465 e. The van der Waals surface area contributed by atoms with Crippen molar-refractivity contribution in [3.63, 3.8) is 0 Å². The third-order valence-corrected chi connectivity index (χ3v) is 2.94. The molecule has 0 heterocycles. The number of nitrogen functional groups attached to an aromatic ring is 1. The molecule has 96 valence electrons. The van der Waals surface area contributed by atoms with Crippen LogP contribution in [0.25, 0.3) is 6.08 Å². The Morgan fingerprint density at radius 3 is 2.72 bits per heavy atom. The van der Waals surface area contributed by atoms with E-state index in [4.69, 9.17) is 5.73 Å². The Balaban J connectivity index is 2.72. The number of anilines is 1. The van der Waals surface area contributed by atoms with Crippen LogP contribution in [-0.4, -0.2) is 23.9 Å². The van der Waals surface area contributed by atoms with E-state index in [1.54, 1.807) is 18.2 Å². The average molecular weight is 265 g/mol. The van der Waals surface area contributed by atoms with Gasteiger partial charge in [-0.15, -0.1) is 0 Å². The van der Waals surface area contributed by atoms with Crippen molar-refractivity contribution >= 4 is 34.6 Å². The van der Waals surface area contributed by atoms with Crippen LogP contribution in [0.2, 0.25) is 0 Å². The van der Waals surface area contributed by atoms with Gasteiger partial charge in [0.2, 0.25) is 0 Å². The van der Waals surface area contributed by atoms with Crippen LogP contribution in [0.5, 0.6) is 0 Å². The van der Waals surface area contributed by atoms with E-state index < -0.39 is 5.97 Å². The molecule has 1 aromatic carbocycles. The van der Waals surface area contributed by atoms with Gasteiger partial charge in [-0.1, -0.05) is 30.0 Å². The van der Waals surface area contributed by atoms with Gasteiger partial charge in [-0.2, -0.15) is 0 Å². The number of nitrogens with two attached hydrogens (primary N) is 1. The Hall–Kier alpha value is -1.75. The van der Waals surface area contributed by atoms with Gasteiger partial charge < -0.3 is 10.5 Å². The number of benzene rings is 1. The molecule has 0 aliphatic carbocycles. The lowest BCUT2D eigenvalue weighted by Gasteiger charge is -2.04. The maximum absolute atomic E-state index is 11.3. The number of esters is 1. The first kappa shape index (κ1) is 14.3. The highest BCUT2D eigenvalue weighted by atomic mass is 32.2. The number of ether oxygens (including phenoxy) is 1. The van der Waals surface area contributed by atoms with Crippen molar-refractivity contribution in [3.8, 4) is 0 Å². The molecular formula is C13H15NO3S. The molecule has 18 heavy (non-hydrogen) atoms. The van der Waals surface area contributed by atoms with Crippen LogP contribution in [0, 0.1) is 0 Å². The summed E-state index contributed by atoms with van der Waals surface area (Å²) in [4.78, 5) is 22.0. The zero-order chi connectivity index (χ0) is 13.5. The molecule has 0 fully saturated rings. The van der Waals surface area contributed by atoms with Crippen molar-refractivity contribution in [3.05, 3.63) is 35.4 Å². The molecule has 2 N–H and O–H groups in total. The van der Waals surface area contributed by atoms with Crippen molar-refractivity contribution in [2.45, 2.75) is 6.92 Å². The molecule has 5 heteroatoms. The Labute approximate surface area is 110 Å². The molecule has 0 saturated heterocycles. The Morgan fingerprint density at radius 1 is 1.44 bits per heavy atom. The molecule has 0 radical (unpaired) electrons. The van der Waals surface area contributed by atoms with Gasteiger partial charge in [0.1, 0.15) is 0 Å². The second-order valence-corrected chi connectivity index (χ2v) is 4.74. The topological polar surface area (TPSA) is 69.4 Å². The van der Waals surface area contributed by atoms with Gasteiger partial charge in [0, 0.05) is 18.4 Å². The molecule has 0 aliphatic rings. The molecule has 0 aliphatic heterocycles. The van der Waals surface area contributed by atoms with Crippen LogP contribution < -0.4 is 5.73 Å². The molecule has 0 aromatic heterocycles. The van der Waals surface area contributed by atoms with Crippen molar-refractivity contribution in [1.29, 1.82) is 0 Å². The second kappa shape index (κ2) is 6.86. The van der Waals surface area contributed by atoms with Gasteiger partial charge in [0.25, 0.3) is 0 Å². The smallest absolute Gasteiger partial charge is 0.339 e. The van der Waals surface area contributed by atoms with E-state index in [9.17, 15) is 9.59 Å². The summed E-state index contributed by atoms with van der Waals surface area (Å²) in [5.74, 6) is 0.170. The van der Waals surface area contributed by atoms with E-state index in [1.165, 1.54) is 25.8 Å². The highest BCUT2D eigenvalue weighted by Crippen LogP contribution is 2.16. The lowest BCUT2D eigenvalue weighted by molar-refractivity contribution is -0.109. The monoisotopic (exact) mass is 265 g/mol.